The highest BCUT2D eigenvalue weighted by Gasteiger charge is 2.23. The lowest BCUT2D eigenvalue weighted by Crippen LogP contribution is -2.19. The van der Waals surface area contributed by atoms with Crippen LogP contribution in [0.15, 0.2) is 58.4 Å². The molecular formula is C17H14N2O3S. The summed E-state index contributed by atoms with van der Waals surface area (Å²) in [7, 11) is 1.61. The van der Waals surface area contributed by atoms with E-state index in [1.807, 2.05) is 24.3 Å². The van der Waals surface area contributed by atoms with Crippen molar-refractivity contribution in [1.29, 1.82) is 0 Å². The lowest BCUT2D eigenvalue weighted by Gasteiger charge is -1.99. The summed E-state index contributed by atoms with van der Waals surface area (Å²) >= 11 is 1.28. The van der Waals surface area contributed by atoms with E-state index in [-0.39, 0.29) is 11.7 Å². The molecule has 1 fully saturated rings. The van der Waals surface area contributed by atoms with Gasteiger partial charge in [0.15, 0.2) is 5.17 Å². The average Bonchev–Trinajstić information content (AvgIpc) is 2.90. The largest absolute Gasteiger partial charge is 0.508 e. The number of methoxy groups -OCH3 is 1. The quantitative estimate of drug-likeness (QED) is 0.849. The molecule has 0 atom stereocenters. The predicted molar refractivity (Wildman–Crippen MR) is 91.9 cm³/mol. The Kier molecular flexibility index (Phi) is 4.34. The number of thioether (sulfide) groups is 1. The number of carbonyl (C=O) groups is 1. The van der Waals surface area contributed by atoms with Gasteiger partial charge in [0.1, 0.15) is 11.5 Å². The van der Waals surface area contributed by atoms with Gasteiger partial charge in [0.2, 0.25) is 0 Å². The van der Waals surface area contributed by atoms with Crippen LogP contribution < -0.4 is 10.1 Å². The zero-order chi connectivity index (χ0) is 16.2. The number of hydrogen-bond acceptors (Lipinski definition) is 5. The van der Waals surface area contributed by atoms with Crippen molar-refractivity contribution >= 4 is 34.6 Å². The number of aromatic hydroxyl groups is 1. The molecule has 0 radical (unpaired) electrons. The van der Waals surface area contributed by atoms with Gasteiger partial charge in [-0.05, 0) is 59.8 Å². The monoisotopic (exact) mass is 326 g/mol. The van der Waals surface area contributed by atoms with Crippen LogP contribution in [0.1, 0.15) is 5.56 Å². The molecule has 1 saturated heterocycles. The molecule has 2 N–H and O–H groups in total. The molecule has 1 aliphatic rings. The Balaban J connectivity index is 1.78. The number of rotatable bonds is 3. The number of aliphatic imine (C=N–C) groups is 1. The summed E-state index contributed by atoms with van der Waals surface area (Å²) in [5.74, 6) is 0.769. The van der Waals surface area contributed by atoms with E-state index in [9.17, 15) is 9.90 Å². The van der Waals surface area contributed by atoms with Crippen molar-refractivity contribution in [3.05, 3.63) is 59.0 Å². The zero-order valence-electron chi connectivity index (χ0n) is 12.3. The Morgan fingerprint density at radius 2 is 1.83 bits per heavy atom. The van der Waals surface area contributed by atoms with Crippen molar-refractivity contribution in [3.8, 4) is 11.5 Å². The third kappa shape index (κ3) is 3.73. The maximum Gasteiger partial charge on any atom is 0.264 e. The summed E-state index contributed by atoms with van der Waals surface area (Å²) in [5, 5.41) is 12.5. The number of ether oxygens (including phenoxy) is 1. The average molecular weight is 326 g/mol. The fraction of sp³-hybridized carbons (Fsp3) is 0.0588. The lowest BCUT2D eigenvalue weighted by atomic mass is 10.2. The molecule has 0 aliphatic carbocycles. The molecule has 6 heteroatoms. The Morgan fingerprint density at radius 3 is 2.48 bits per heavy atom. The van der Waals surface area contributed by atoms with Gasteiger partial charge >= 0.3 is 0 Å². The first kappa shape index (κ1) is 15.2. The fourth-order valence-electron chi connectivity index (χ4n) is 1.98. The van der Waals surface area contributed by atoms with Gasteiger partial charge in [0, 0.05) is 0 Å². The molecule has 2 aromatic rings. The summed E-state index contributed by atoms with van der Waals surface area (Å²) in [6, 6.07) is 13.9. The Morgan fingerprint density at radius 1 is 1.13 bits per heavy atom. The molecule has 2 aromatic carbocycles. The van der Waals surface area contributed by atoms with E-state index in [1.165, 1.54) is 11.8 Å². The second-order valence-corrected chi connectivity index (χ2v) is 5.80. The summed E-state index contributed by atoms with van der Waals surface area (Å²) < 4.78 is 5.11. The molecule has 1 amide bonds. The van der Waals surface area contributed by atoms with Crippen LogP contribution in [-0.4, -0.2) is 23.3 Å². The summed E-state index contributed by atoms with van der Waals surface area (Å²) in [6.45, 7) is 0. The first-order valence-corrected chi connectivity index (χ1v) is 7.68. The van der Waals surface area contributed by atoms with Gasteiger partial charge in [0.05, 0.1) is 17.7 Å². The predicted octanol–water partition coefficient (Wildman–Crippen LogP) is 3.29. The number of amidine groups is 1. The summed E-state index contributed by atoms with van der Waals surface area (Å²) in [4.78, 5) is 16.9. The van der Waals surface area contributed by atoms with Crippen molar-refractivity contribution in [2.75, 3.05) is 7.11 Å². The van der Waals surface area contributed by atoms with Crippen LogP contribution in [0.5, 0.6) is 11.5 Å². The van der Waals surface area contributed by atoms with Crippen LogP contribution in [0.3, 0.4) is 0 Å². The Bertz CT molecular complexity index is 780. The van der Waals surface area contributed by atoms with Gasteiger partial charge in [-0.2, -0.15) is 0 Å². The third-order valence-corrected chi connectivity index (χ3v) is 4.05. The number of hydrogen-bond donors (Lipinski definition) is 2. The number of carbonyl (C=O) groups excluding carboxylic acids is 1. The minimum Gasteiger partial charge on any atom is -0.508 e. The maximum atomic E-state index is 12.0. The molecule has 1 heterocycles. The number of nitrogens with one attached hydrogen (secondary N) is 1. The molecule has 116 valence electrons. The molecule has 3 rings (SSSR count). The minimum absolute atomic E-state index is 0.177. The standard InChI is InChI=1S/C17H14N2O3S/c1-22-14-8-2-11(3-9-14)10-15-16(21)19-17(23-15)18-12-4-6-13(20)7-5-12/h2-10,20H,1H3,(H,18,19,21). The van der Waals surface area contributed by atoms with Gasteiger partial charge in [-0.3, -0.25) is 4.79 Å². The van der Waals surface area contributed by atoms with E-state index < -0.39 is 0 Å². The fourth-order valence-corrected chi connectivity index (χ4v) is 2.82. The molecule has 5 nitrogen and oxygen atoms in total. The lowest BCUT2D eigenvalue weighted by molar-refractivity contribution is -0.115. The maximum absolute atomic E-state index is 12.0. The van der Waals surface area contributed by atoms with Crippen LogP contribution in [0.2, 0.25) is 0 Å². The second-order valence-electron chi connectivity index (χ2n) is 4.77. The van der Waals surface area contributed by atoms with Gasteiger partial charge in [0.25, 0.3) is 5.91 Å². The topological polar surface area (TPSA) is 70.9 Å². The SMILES string of the molecule is COc1ccc(C=C2SC(=Nc3ccc(O)cc3)NC2=O)cc1. The van der Waals surface area contributed by atoms with Crippen LogP contribution >= 0.6 is 11.8 Å². The van der Waals surface area contributed by atoms with Crippen molar-refractivity contribution in [2.45, 2.75) is 0 Å². The Labute approximate surface area is 137 Å². The van der Waals surface area contributed by atoms with Crippen LogP contribution in [-0.2, 0) is 4.79 Å². The van der Waals surface area contributed by atoms with Crippen molar-refractivity contribution in [3.63, 3.8) is 0 Å². The first-order valence-electron chi connectivity index (χ1n) is 6.87. The Hall–Kier alpha value is -2.73. The van der Waals surface area contributed by atoms with Crippen LogP contribution in [0.4, 0.5) is 5.69 Å². The van der Waals surface area contributed by atoms with Crippen LogP contribution in [0, 0.1) is 0 Å². The minimum atomic E-state index is -0.177. The van der Waals surface area contributed by atoms with Crippen molar-refractivity contribution in [1.82, 2.24) is 5.32 Å². The second kappa shape index (κ2) is 6.58. The summed E-state index contributed by atoms with van der Waals surface area (Å²) in [6.07, 6.45) is 1.80. The molecular weight excluding hydrogens is 312 g/mol. The highest BCUT2D eigenvalue weighted by Crippen LogP contribution is 2.28. The highest BCUT2D eigenvalue weighted by molar-refractivity contribution is 8.18. The van der Waals surface area contributed by atoms with E-state index in [4.69, 9.17) is 4.74 Å². The zero-order valence-corrected chi connectivity index (χ0v) is 13.1. The molecule has 23 heavy (non-hydrogen) atoms. The molecule has 1 aliphatic heterocycles. The molecule has 0 aromatic heterocycles. The van der Waals surface area contributed by atoms with E-state index >= 15 is 0 Å². The number of phenols is 1. The van der Waals surface area contributed by atoms with Gasteiger partial charge < -0.3 is 15.2 Å². The van der Waals surface area contributed by atoms with Crippen LogP contribution in [0.25, 0.3) is 6.08 Å². The van der Waals surface area contributed by atoms with E-state index in [1.54, 1.807) is 37.5 Å². The summed E-state index contributed by atoms with van der Waals surface area (Å²) in [5.41, 5.74) is 1.57. The molecule has 0 bridgehead atoms. The van der Waals surface area contributed by atoms with Gasteiger partial charge in [-0.25, -0.2) is 4.99 Å². The normalized spacial score (nSPS) is 17.5. The number of phenolic OH excluding ortho intramolecular Hbond substituents is 1. The van der Waals surface area contributed by atoms with Gasteiger partial charge in [-0.15, -0.1) is 0 Å². The number of amides is 1. The molecule has 0 saturated carbocycles. The van der Waals surface area contributed by atoms with Crippen molar-refractivity contribution in [2.24, 2.45) is 4.99 Å². The number of nitrogens with zero attached hydrogens (tertiary/aromatic N) is 1. The van der Waals surface area contributed by atoms with E-state index in [0.717, 1.165) is 11.3 Å². The van der Waals surface area contributed by atoms with Crippen molar-refractivity contribution < 1.29 is 14.6 Å². The van der Waals surface area contributed by atoms with E-state index in [2.05, 4.69) is 10.3 Å². The van der Waals surface area contributed by atoms with Gasteiger partial charge in [-0.1, -0.05) is 12.1 Å². The first-order chi connectivity index (χ1) is 11.1. The molecule has 0 spiro atoms. The molecule has 0 unspecified atom stereocenters. The highest BCUT2D eigenvalue weighted by atomic mass is 32.2. The number of benzene rings is 2. The smallest absolute Gasteiger partial charge is 0.264 e. The third-order valence-electron chi connectivity index (χ3n) is 3.14. The van der Waals surface area contributed by atoms with E-state index in [0.29, 0.717) is 15.8 Å².